The van der Waals surface area contributed by atoms with Gasteiger partial charge in [0, 0.05) is 31.1 Å². The molecule has 0 saturated carbocycles. The molecule has 3 rings (SSSR count). The molecule has 136 valence electrons. The van der Waals surface area contributed by atoms with Crippen molar-refractivity contribution in [1.29, 1.82) is 0 Å². The van der Waals surface area contributed by atoms with Gasteiger partial charge in [-0.3, -0.25) is 4.79 Å². The van der Waals surface area contributed by atoms with Gasteiger partial charge in [0.15, 0.2) is 0 Å². The van der Waals surface area contributed by atoms with Crippen molar-refractivity contribution in [2.45, 2.75) is 6.42 Å². The molecule has 1 heterocycles. The second-order valence-corrected chi connectivity index (χ2v) is 5.98. The number of hydrogen-bond donors (Lipinski definition) is 2. The van der Waals surface area contributed by atoms with E-state index < -0.39 is 29.2 Å². The molecule has 2 aromatic rings. The van der Waals surface area contributed by atoms with Gasteiger partial charge < -0.3 is 15.5 Å². The van der Waals surface area contributed by atoms with Crippen LogP contribution in [-0.4, -0.2) is 25.0 Å². The first-order chi connectivity index (χ1) is 12.4. The van der Waals surface area contributed by atoms with E-state index in [2.05, 4.69) is 10.6 Å². The van der Waals surface area contributed by atoms with Gasteiger partial charge in [0.1, 0.15) is 23.1 Å². The first-order valence-corrected chi connectivity index (χ1v) is 7.99. The largest absolute Gasteiger partial charge is 0.338 e. The molecule has 0 aliphatic carbocycles. The van der Waals surface area contributed by atoms with Crippen LogP contribution in [0.25, 0.3) is 0 Å². The summed E-state index contributed by atoms with van der Waals surface area (Å²) >= 11 is 0. The number of nitrogens with zero attached hydrogens (tertiary/aromatic N) is 1. The van der Waals surface area contributed by atoms with Crippen molar-refractivity contribution >= 4 is 23.3 Å². The smallest absolute Gasteiger partial charge is 0.319 e. The summed E-state index contributed by atoms with van der Waals surface area (Å²) in [6, 6.07) is 8.07. The standard InChI is InChI=1S/C18H16F3N3O2/c19-12-4-6-13(7-5-12)24-10-11(8-16(24)25)9-22-18(26)23-17-14(20)2-1-3-15(17)21/h1-7,11H,8-10H2,(H2,22,23,26)/t11-/m1/s1. The van der Waals surface area contributed by atoms with Gasteiger partial charge in [0.25, 0.3) is 0 Å². The molecule has 0 aromatic heterocycles. The minimum absolute atomic E-state index is 0.135. The van der Waals surface area contributed by atoms with Crippen molar-refractivity contribution in [2.24, 2.45) is 5.92 Å². The van der Waals surface area contributed by atoms with Crippen LogP contribution in [-0.2, 0) is 4.79 Å². The Morgan fingerprint density at radius 2 is 1.73 bits per heavy atom. The molecule has 5 nitrogen and oxygen atoms in total. The van der Waals surface area contributed by atoms with Gasteiger partial charge in [-0.2, -0.15) is 0 Å². The van der Waals surface area contributed by atoms with Crippen molar-refractivity contribution in [1.82, 2.24) is 5.32 Å². The van der Waals surface area contributed by atoms with Gasteiger partial charge in [-0.1, -0.05) is 6.07 Å². The topological polar surface area (TPSA) is 61.4 Å². The summed E-state index contributed by atoms with van der Waals surface area (Å²) in [6.07, 6.45) is 0.214. The number of benzene rings is 2. The average Bonchev–Trinajstić information content (AvgIpc) is 2.98. The predicted octanol–water partition coefficient (Wildman–Crippen LogP) is 3.28. The van der Waals surface area contributed by atoms with E-state index in [4.69, 9.17) is 0 Å². The molecule has 1 aliphatic heterocycles. The number of para-hydroxylation sites is 1. The summed E-state index contributed by atoms with van der Waals surface area (Å²) in [5, 5.41) is 4.63. The van der Waals surface area contributed by atoms with E-state index in [-0.39, 0.29) is 24.8 Å². The number of carbonyl (C=O) groups is 2. The van der Waals surface area contributed by atoms with Crippen LogP contribution in [0.5, 0.6) is 0 Å². The molecule has 1 atom stereocenters. The Bertz CT molecular complexity index is 807. The lowest BCUT2D eigenvalue weighted by Gasteiger charge is -2.17. The van der Waals surface area contributed by atoms with Crippen LogP contribution in [0, 0.1) is 23.4 Å². The first kappa shape index (κ1) is 17.8. The number of rotatable bonds is 4. The molecular weight excluding hydrogens is 347 g/mol. The minimum atomic E-state index is -0.876. The van der Waals surface area contributed by atoms with E-state index in [1.165, 1.54) is 35.2 Å². The van der Waals surface area contributed by atoms with E-state index in [9.17, 15) is 22.8 Å². The quantitative estimate of drug-likeness (QED) is 0.876. The number of nitrogens with one attached hydrogen (secondary N) is 2. The lowest BCUT2D eigenvalue weighted by Crippen LogP contribution is -2.34. The number of anilines is 2. The normalized spacial score (nSPS) is 16.7. The van der Waals surface area contributed by atoms with Gasteiger partial charge in [-0.15, -0.1) is 0 Å². The molecule has 0 radical (unpaired) electrons. The second kappa shape index (κ2) is 7.47. The van der Waals surface area contributed by atoms with E-state index in [0.717, 1.165) is 12.1 Å². The molecule has 1 saturated heterocycles. The van der Waals surface area contributed by atoms with Gasteiger partial charge in [-0.25, -0.2) is 18.0 Å². The van der Waals surface area contributed by atoms with Crippen molar-refractivity contribution in [3.63, 3.8) is 0 Å². The Morgan fingerprint density at radius 3 is 2.38 bits per heavy atom. The van der Waals surface area contributed by atoms with Gasteiger partial charge in [0.05, 0.1) is 0 Å². The zero-order valence-corrected chi connectivity index (χ0v) is 13.6. The summed E-state index contributed by atoms with van der Waals surface area (Å²) < 4.78 is 40.0. The van der Waals surface area contributed by atoms with Gasteiger partial charge >= 0.3 is 6.03 Å². The van der Waals surface area contributed by atoms with Crippen LogP contribution in [0.15, 0.2) is 42.5 Å². The highest BCUT2D eigenvalue weighted by atomic mass is 19.1. The minimum Gasteiger partial charge on any atom is -0.338 e. The SMILES string of the molecule is O=C(NC[C@H]1CC(=O)N(c2ccc(F)cc2)C1)Nc1c(F)cccc1F. The number of urea groups is 1. The average molecular weight is 363 g/mol. The van der Waals surface area contributed by atoms with Crippen molar-refractivity contribution in [3.8, 4) is 0 Å². The van der Waals surface area contributed by atoms with Crippen LogP contribution < -0.4 is 15.5 Å². The number of carbonyl (C=O) groups excluding carboxylic acids is 2. The Balaban J connectivity index is 1.54. The Kier molecular flexibility index (Phi) is 5.11. The molecule has 3 amide bonds. The third kappa shape index (κ3) is 3.96. The first-order valence-electron chi connectivity index (χ1n) is 7.99. The number of hydrogen-bond acceptors (Lipinski definition) is 2. The molecule has 0 bridgehead atoms. The summed E-state index contributed by atoms with van der Waals surface area (Å²) in [7, 11) is 0. The Morgan fingerprint density at radius 1 is 1.08 bits per heavy atom. The van der Waals surface area contributed by atoms with Crippen molar-refractivity contribution in [3.05, 3.63) is 59.9 Å². The molecule has 8 heteroatoms. The molecule has 2 aromatic carbocycles. The Hall–Kier alpha value is -3.03. The van der Waals surface area contributed by atoms with Crippen LogP contribution in [0.3, 0.4) is 0 Å². The van der Waals surface area contributed by atoms with Crippen LogP contribution >= 0.6 is 0 Å². The fraction of sp³-hybridized carbons (Fsp3) is 0.222. The van der Waals surface area contributed by atoms with E-state index in [1.54, 1.807) is 0 Å². The Labute approximate surface area is 147 Å². The van der Waals surface area contributed by atoms with Crippen LogP contribution in [0.1, 0.15) is 6.42 Å². The molecule has 0 unspecified atom stereocenters. The van der Waals surface area contributed by atoms with Crippen LogP contribution in [0.2, 0.25) is 0 Å². The zero-order chi connectivity index (χ0) is 18.7. The second-order valence-electron chi connectivity index (χ2n) is 5.98. The van der Waals surface area contributed by atoms with Gasteiger partial charge in [0.2, 0.25) is 5.91 Å². The highest BCUT2D eigenvalue weighted by Gasteiger charge is 2.30. The molecule has 0 spiro atoms. The van der Waals surface area contributed by atoms with Crippen molar-refractivity contribution in [2.75, 3.05) is 23.3 Å². The molecule has 26 heavy (non-hydrogen) atoms. The van der Waals surface area contributed by atoms with Gasteiger partial charge in [-0.05, 0) is 36.4 Å². The number of amides is 3. The molecule has 2 N–H and O–H groups in total. The maximum Gasteiger partial charge on any atom is 0.319 e. The lowest BCUT2D eigenvalue weighted by atomic mass is 10.1. The third-order valence-electron chi connectivity index (χ3n) is 4.10. The zero-order valence-electron chi connectivity index (χ0n) is 13.6. The lowest BCUT2D eigenvalue weighted by molar-refractivity contribution is -0.117. The highest BCUT2D eigenvalue weighted by Crippen LogP contribution is 2.25. The van der Waals surface area contributed by atoms with E-state index in [0.29, 0.717) is 12.2 Å². The van der Waals surface area contributed by atoms with E-state index in [1.807, 2.05) is 0 Å². The monoisotopic (exact) mass is 363 g/mol. The maximum atomic E-state index is 13.5. The highest BCUT2D eigenvalue weighted by molar-refractivity contribution is 5.96. The molecule has 1 aliphatic rings. The molecular formula is C18H16F3N3O2. The summed E-state index contributed by atoms with van der Waals surface area (Å²) in [5.74, 6) is -2.44. The maximum absolute atomic E-state index is 13.5. The van der Waals surface area contributed by atoms with E-state index >= 15 is 0 Å². The third-order valence-corrected chi connectivity index (χ3v) is 4.10. The van der Waals surface area contributed by atoms with Crippen LogP contribution in [0.4, 0.5) is 29.3 Å². The number of halogens is 3. The predicted molar refractivity (Wildman–Crippen MR) is 90.2 cm³/mol. The fourth-order valence-corrected chi connectivity index (χ4v) is 2.80. The molecule has 1 fully saturated rings. The summed E-state index contributed by atoms with van der Waals surface area (Å²) in [6.45, 7) is 0.518. The fourth-order valence-electron chi connectivity index (χ4n) is 2.80. The summed E-state index contributed by atoms with van der Waals surface area (Å²) in [5.41, 5.74) is 0.0530. The van der Waals surface area contributed by atoms with Crippen molar-refractivity contribution < 1.29 is 22.8 Å². The summed E-state index contributed by atoms with van der Waals surface area (Å²) in [4.78, 5) is 25.5.